The van der Waals surface area contributed by atoms with Gasteiger partial charge >= 0.3 is 22.4 Å². The zero-order valence-corrected chi connectivity index (χ0v) is 30.9. The molecular formula is C36H50N6O9S. The Hall–Kier alpha value is -4.18. The molecule has 1 aromatic rings. The standard InChI is InChI=1S/C36H50N6O9S/c1-35(2,3)51-33(46)37-28-16-8-6-4-5-7-15-26-20-36(26,32(45)39-52(48,49)41-17-11-12-18-41)38-30(43)29-19-27(23-42(29)31(28)44)50-34(47)40-21-24-13-9-10-14-25(24)22-40/h7,9-10,13-15,26-29H,4-6,8,11-12,16-23H2,1-3H3,(H,37,46)(H,38,43)(H,39,45)/t26-,27-,28-,29+,36-/m1/s1. The van der Waals surface area contributed by atoms with Crippen molar-refractivity contribution in [2.75, 3.05) is 19.6 Å². The molecule has 284 valence electrons. The van der Waals surface area contributed by atoms with Gasteiger partial charge in [0.05, 0.1) is 6.54 Å². The highest BCUT2D eigenvalue weighted by Crippen LogP contribution is 2.46. The lowest BCUT2D eigenvalue weighted by Gasteiger charge is -2.30. The molecule has 1 aliphatic carbocycles. The number of hydrogen-bond acceptors (Lipinski definition) is 9. The van der Waals surface area contributed by atoms with E-state index < -0.39 is 75.4 Å². The van der Waals surface area contributed by atoms with Crippen molar-refractivity contribution in [1.82, 2.24) is 29.5 Å². The largest absolute Gasteiger partial charge is 0.444 e. The number of alkyl carbamates (subject to hydrolysis) is 1. The molecule has 5 aliphatic rings. The van der Waals surface area contributed by atoms with Crippen molar-refractivity contribution in [3.63, 3.8) is 0 Å². The highest BCUT2D eigenvalue weighted by atomic mass is 32.2. The molecule has 6 rings (SSSR count). The molecule has 5 amide bonds. The SMILES string of the molecule is CC(C)(C)OC(=O)N[C@@H]1CCCCCC=C[C@@H]2C[C@@]2(C(=O)NS(=O)(=O)N2CCCC2)NC(=O)[C@@H]2C[C@@H](OC(=O)N3Cc4ccccc4C3)CN2C1=O. The van der Waals surface area contributed by atoms with Gasteiger partial charge in [-0.2, -0.15) is 12.7 Å². The first kappa shape index (κ1) is 37.6. The van der Waals surface area contributed by atoms with Gasteiger partial charge in [0.25, 0.3) is 5.91 Å². The van der Waals surface area contributed by atoms with E-state index in [1.165, 1.54) is 9.21 Å². The number of nitrogens with one attached hydrogen (secondary N) is 3. The molecule has 2 saturated heterocycles. The smallest absolute Gasteiger partial charge is 0.410 e. The summed E-state index contributed by atoms with van der Waals surface area (Å²) >= 11 is 0. The summed E-state index contributed by atoms with van der Waals surface area (Å²) in [5.41, 5.74) is -0.360. The minimum absolute atomic E-state index is 0.0620. The monoisotopic (exact) mass is 742 g/mol. The van der Waals surface area contributed by atoms with Crippen molar-refractivity contribution in [3.8, 4) is 0 Å². The lowest BCUT2D eigenvalue weighted by molar-refractivity contribution is -0.141. The maximum Gasteiger partial charge on any atom is 0.410 e. The Morgan fingerprint density at radius 2 is 1.67 bits per heavy atom. The number of hydrogen-bond donors (Lipinski definition) is 3. The molecule has 15 nitrogen and oxygen atoms in total. The molecule has 4 aliphatic heterocycles. The Kier molecular flexibility index (Phi) is 10.9. The Morgan fingerprint density at radius 3 is 2.35 bits per heavy atom. The van der Waals surface area contributed by atoms with Crippen LogP contribution in [0.3, 0.4) is 0 Å². The molecule has 0 radical (unpaired) electrons. The third-order valence-electron chi connectivity index (χ3n) is 10.3. The van der Waals surface area contributed by atoms with Crippen molar-refractivity contribution in [1.29, 1.82) is 0 Å². The maximum atomic E-state index is 14.3. The molecule has 4 heterocycles. The van der Waals surface area contributed by atoms with Crippen molar-refractivity contribution < 1.29 is 41.9 Å². The van der Waals surface area contributed by atoms with Gasteiger partial charge in [-0.05, 0) is 70.4 Å². The highest BCUT2D eigenvalue weighted by molar-refractivity contribution is 7.87. The van der Waals surface area contributed by atoms with Gasteiger partial charge in [0.2, 0.25) is 11.8 Å². The summed E-state index contributed by atoms with van der Waals surface area (Å²) in [7, 11) is -4.13. The first-order valence-corrected chi connectivity index (χ1v) is 19.7. The molecule has 3 fully saturated rings. The summed E-state index contributed by atoms with van der Waals surface area (Å²) in [6.45, 7) is 6.34. The highest BCUT2D eigenvalue weighted by Gasteiger charge is 2.62. The minimum Gasteiger partial charge on any atom is -0.444 e. The lowest BCUT2D eigenvalue weighted by atomic mass is 10.0. The summed E-state index contributed by atoms with van der Waals surface area (Å²) in [6, 6.07) is 5.47. The van der Waals surface area contributed by atoms with Crippen LogP contribution in [-0.4, -0.2) is 101 Å². The van der Waals surface area contributed by atoms with Gasteiger partial charge in [0.15, 0.2) is 0 Å². The number of benzene rings is 1. The van der Waals surface area contributed by atoms with Crippen molar-refractivity contribution in [2.24, 2.45) is 5.92 Å². The summed E-state index contributed by atoms with van der Waals surface area (Å²) in [5.74, 6) is -2.54. The molecular weight excluding hydrogens is 692 g/mol. The van der Waals surface area contributed by atoms with Crippen LogP contribution in [0, 0.1) is 5.92 Å². The van der Waals surface area contributed by atoms with Crippen LogP contribution in [0.2, 0.25) is 0 Å². The molecule has 0 aromatic heterocycles. The Labute approximate surface area is 305 Å². The van der Waals surface area contributed by atoms with Crippen LogP contribution in [0.25, 0.3) is 0 Å². The molecule has 16 heteroatoms. The number of allylic oxidation sites excluding steroid dienone is 1. The lowest BCUT2D eigenvalue weighted by Crippen LogP contribution is -2.59. The molecule has 52 heavy (non-hydrogen) atoms. The number of amides is 5. The Morgan fingerprint density at radius 1 is 0.981 bits per heavy atom. The molecule has 1 aromatic carbocycles. The fourth-order valence-corrected chi connectivity index (χ4v) is 8.78. The van der Waals surface area contributed by atoms with Crippen LogP contribution in [-0.2, 0) is 47.2 Å². The topological polar surface area (TPSA) is 184 Å². The van der Waals surface area contributed by atoms with Gasteiger partial charge in [0, 0.05) is 38.5 Å². The molecule has 0 unspecified atom stereocenters. The number of carbonyl (C=O) groups is 5. The number of fused-ring (bicyclic) bond motifs is 3. The van der Waals surface area contributed by atoms with E-state index >= 15 is 0 Å². The van der Waals surface area contributed by atoms with Crippen molar-refractivity contribution in [3.05, 3.63) is 47.5 Å². The van der Waals surface area contributed by atoms with Crippen LogP contribution in [0.4, 0.5) is 9.59 Å². The summed E-state index contributed by atoms with van der Waals surface area (Å²) in [4.78, 5) is 71.5. The number of rotatable bonds is 5. The van der Waals surface area contributed by atoms with E-state index in [-0.39, 0.29) is 25.8 Å². The van der Waals surface area contributed by atoms with Gasteiger partial charge in [-0.3, -0.25) is 19.3 Å². The van der Waals surface area contributed by atoms with Gasteiger partial charge in [-0.25, -0.2) is 14.3 Å². The van der Waals surface area contributed by atoms with Gasteiger partial charge in [0.1, 0.15) is 29.3 Å². The van der Waals surface area contributed by atoms with E-state index in [0.29, 0.717) is 51.9 Å². The first-order chi connectivity index (χ1) is 24.6. The summed E-state index contributed by atoms with van der Waals surface area (Å²) < 4.78 is 41.0. The Bertz CT molecular complexity index is 1680. The first-order valence-electron chi connectivity index (χ1n) is 18.3. The third-order valence-corrected chi connectivity index (χ3v) is 11.8. The normalized spacial score (nSPS) is 28.4. The second kappa shape index (κ2) is 15.0. The predicted octanol–water partition coefficient (Wildman–Crippen LogP) is 2.85. The zero-order chi connectivity index (χ0) is 37.3. The summed E-state index contributed by atoms with van der Waals surface area (Å²) in [5, 5.41) is 5.53. The third kappa shape index (κ3) is 8.54. The zero-order valence-electron chi connectivity index (χ0n) is 30.1. The average Bonchev–Trinajstić information content (AvgIpc) is 3.53. The van der Waals surface area contributed by atoms with Gasteiger partial charge in [-0.15, -0.1) is 0 Å². The molecule has 0 spiro atoms. The summed E-state index contributed by atoms with van der Waals surface area (Å²) in [6.07, 6.45) is 6.10. The van der Waals surface area contributed by atoms with E-state index in [0.717, 1.165) is 24.0 Å². The molecule has 1 saturated carbocycles. The van der Waals surface area contributed by atoms with Gasteiger partial charge < -0.3 is 25.0 Å². The fraction of sp³-hybridized carbons (Fsp3) is 0.639. The average molecular weight is 743 g/mol. The van der Waals surface area contributed by atoms with E-state index in [4.69, 9.17) is 9.47 Å². The van der Waals surface area contributed by atoms with Crippen molar-refractivity contribution >= 4 is 40.1 Å². The van der Waals surface area contributed by atoms with Crippen LogP contribution in [0.15, 0.2) is 36.4 Å². The Balaban J connectivity index is 1.25. The fourth-order valence-electron chi connectivity index (χ4n) is 7.50. The minimum atomic E-state index is -4.13. The second-order valence-electron chi connectivity index (χ2n) is 15.5. The molecule has 5 atom stereocenters. The van der Waals surface area contributed by atoms with E-state index in [2.05, 4.69) is 15.4 Å². The number of carbonyl (C=O) groups excluding carboxylic acids is 5. The van der Waals surface area contributed by atoms with Crippen LogP contribution < -0.4 is 15.4 Å². The molecule has 3 N–H and O–H groups in total. The van der Waals surface area contributed by atoms with E-state index in [1.807, 2.05) is 36.4 Å². The maximum absolute atomic E-state index is 14.3. The molecule has 0 bridgehead atoms. The van der Waals surface area contributed by atoms with Crippen molar-refractivity contribution in [2.45, 2.75) is 121 Å². The number of ether oxygens (including phenoxy) is 2. The van der Waals surface area contributed by atoms with Gasteiger partial charge in [-0.1, -0.05) is 49.3 Å². The van der Waals surface area contributed by atoms with Crippen LogP contribution in [0.5, 0.6) is 0 Å². The van der Waals surface area contributed by atoms with E-state index in [1.54, 1.807) is 25.7 Å². The van der Waals surface area contributed by atoms with Crippen LogP contribution in [0.1, 0.15) is 89.7 Å². The second-order valence-corrected chi connectivity index (χ2v) is 17.1. The van der Waals surface area contributed by atoms with E-state index in [9.17, 15) is 32.4 Å². The number of nitrogens with zero attached hydrogens (tertiary/aromatic N) is 3. The predicted molar refractivity (Wildman–Crippen MR) is 188 cm³/mol. The van der Waals surface area contributed by atoms with Crippen LogP contribution >= 0.6 is 0 Å². The quantitative estimate of drug-likeness (QED) is 0.382.